The SMILES string of the molecule is O=C(N/N=C(\c1ccccc1)c1cccs1)c1ccncc1. The van der Waals surface area contributed by atoms with Crippen LogP contribution in [0.25, 0.3) is 0 Å². The Morgan fingerprint density at radius 1 is 0.955 bits per heavy atom. The molecule has 3 rings (SSSR count). The first-order chi connectivity index (χ1) is 10.8. The number of amides is 1. The van der Waals surface area contributed by atoms with Crippen LogP contribution in [0.3, 0.4) is 0 Å². The highest BCUT2D eigenvalue weighted by Gasteiger charge is 2.09. The first-order valence-corrected chi connectivity index (χ1v) is 7.60. The van der Waals surface area contributed by atoms with Crippen molar-refractivity contribution in [3.8, 4) is 0 Å². The molecule has 2 aromatic heterocycles. The van der Waals surface area contributed by atoms with E-state index in [1.165, 1.54) is 0 Å². The van der Waals surface area contributed by atoms with E-state index < -0.39 is 0 Å². The number of carbonyl (C=O) groups excluding carboxylic acids is 1. The molecule has 108 valence electrons. The summed E-state index contributed by atoms with van der Waals surface area (Å²) in [6.45, 7) is 0. The Morgan fingerprint density at radius 2 is 1.73 bits per heavy atom. The van der Waals surface area contributed by atoms with Gasteiger partial charge in [-0.3, -0.25) is 9.78 Å². The highest BCUT2D eigenvalue weighted by molar-refractivity contribution is 7.12. The molecule has 0 spiro atoms. The van der Waals surface area contributed by atoms with Crippen LogP contribution < -0.4 is 5.43 Å². The van der Waals surface area contributed by atoms with Crippen LogP contribution >= 0.6 is 11.3 Å². The second-order valence-corrected chi connectivity index (χ2v) is 5.43. The monoisotopic (exact) mass is 307 g/mol. The van der Waals surface area contributed by atoms with Crippen LogP contribution in [0.5, 0.6) is 0 Å². The lowest BCUT2D eigenvalue weighted by Crippen LogP contribution is -2.20. The molecule has 0 aliphatic carbocycles. The van der Waals surface area contributed by atoms with Gasteiger partial charge in [0.05, 0.1) is 4.88 Å². The average molecular weight is 307 g/mol. The van der Waals surface area contributed by atoms with Crippen molar-refractivity contribution in [2.75, 3.05) is 0 Å². The Morgan fingerprint density at radius 3 is 2.41 bits per heavy atom. The highest BCUT2D eigenvalue weighted by Crippen LogP contribution is 2.15. The van der Waals surface area contributed by atoms with Gasteiger partial charge in [-0.1, -0.05) is 36.4 Å². The van der Waals surface area contributed by atoms with Gasteiger partial charge in [0.25, 0.3) is 5.91 Å². The van der Waals surface area contributed by atoms with Crippen molar-refractivity contribution < 1.29 is 4.79 Å². The molecule has 1 amide bonds. The molecule has 0 bridgehead atoms. The second kappa shape index (κ2) is 6.78. The zero-order valence-corrected chi connectivity index (χ0v) is 12.5. The molecule has 1 aromatic carbocycles. The highest BCUT2D eigenvalue weighted by atomic mass is 32.1. The maximum atomic E-state index is 12.1. The summed E-state index contributed by atoms with van der Waals surface area (Å²) in [6, 6.07) is 17.0. The summed E-state index contributed by atoms with van der Waals surface area (Å²) in [5.41, 5.74) is 4.85. The van der Waals surface area contributed by atoms with Crippen LogP contribution in [-0.4, -0.2) is 16.6 Å². The topological polar surface area (TPSA) is 54.4 Å². The van der Waals surface area contributed by atoms with Gasteiger partial charge in [-0.25, -0.2) is 5.43 Å². The summed E-state index contributed by atoms with van der Waals surface area (Å²) < 4.78 is 0. The van der Waals surface area contributed by atoms with E-state index in [4.69, 9.17) is 0 Å². The summed E-state index contributed by atoms with van der Waals surface area (Å²) in [5.74, 6) is -0.257. The van der Waals surface area contributed by atoms with Gasteiger partial charge in [-0.05, 0) is 23.6 Å². The van der Waals surface area contributed by atoms with Crippen molar-refractivity contribution in [1.29, 1.82) is 0 Å². The molecular weight excluding hydrogens is 294 g/mol. The smallest absolute Gasteiger partial charge is 0.267 e. The van der Waals surface area contributed by atoms with E-state index in [1.807, 2.05) is 47.8 Å². The van der Waals surface area contributed by atoms with E-state index >= 15 is 0 Å². The molecule has 4 nitrogen and oxygen atoms in total. The zero-order valence-electron chi connectivity index (χ0n) is 11.6. The first-order valence-electron chi connectivity index (χ1n) is 6.72. The molecule has 22 heavy (non-hydrogen) atoms. The Hall–Kier alpha value is -2.79. The molecule has 0 saturated carbocycles. The van der Waals surface area contributed by atoms with Crippen LogP contribution in [0, 0.1) is 0 Å². The molecule has 0 saturated heterocycles. The summed E-state index contributed by atoms with van der Waals surface area (Å²) in [6.07, 6.45) is 3.16. The van der Waals surface area contributed by atoms with E-state index in [0.717, 1.165) is 16.2 Å². The van der Waals surface area contributed by atoms with Gasteiger partial charge in [0.2, 0.25) is 0 Å². The third-order valence-corrected chi connectivity index (χ3v) is 3.89. The fourth-order valence-corrected chi connectivity index (χ4v) is 2.68. The number of hydrogen-bond donors (Lipinski definition) is 1. The number of aromatic nitrogens is 1. The normalized spacial score (nSPS) is 11.2. The third kappa shape index (κ3) is 3.27. The number of hydrogen-bond acceptors (Lipinski definition) is 4. The number of carbonyl (C=O) groups is 1. The predicted octanol–water partition coefficient (Wildman–Crippen LogP) is 3.33. The van der Waals surface area contributed by atoms with E-state index in [9.17, 15) is 4.79 Å². The summed E-state index contributed by atoms with van der Waals surface area (Å²) in [7, 11) is 0. The van der Waals surface area contributed by atoms with Gasteiger partial charge in [-0.2, -0.15) is 5.10 Å². The Labute approximate surface area is 132 Å². The fraction of sp³-hybridized carbons (Fsp3) is 0. The third-order valence-electron chi connectivity index (χ3n) is 3.01. The standard InChI is InChI=1S/C17H13N3OS/c21-17(14-8-10-18-11-9-14)20-19-16(15-7-4-12-22-15)13-5-2-1-3-6-13/h1-12H,(H,20,21)/b19-16+. The number of hydrazone groups is 1. The Kier molecular flexibility index (Phi) is 4.36. The van der Waals surface area contributed by atoms with Crippen LogP contribution in [0.2, 0.25) is 0 Å². The molecule has 2 heterocycles. The van der Waals surface area contributed by atoms with Crippen molar-refractivity contribution in [1.82, 2.24) is 10.4 Å². The summed E-state index contributed by atoms with van der Waals surface area (Å²) in [4.78, 5) is 17.0. The maximum Gasteiger partial charge on any atom is 0.271 e. The summed E-state index contributed by atoms with van der Waals surface area (Å²) >= 11 is 1.58. The molecule has 5 heteroatoms. The molecule has 3 aromatic rings. The van der Waals surface area contributed by atoms with Crippen LogP contribution in [0.4, 0.5) is 0 Å². The Balaban J connectivity index is 1.88. The van der Waals surface area contributed by atoms with E-state index in [2.05, 4.69) is 15.5 Å². The van der Waals surface area contributed by atoms with E-state index in [-0.39, 0.29) is 5.91 Å². The van der Waals surface area contributed by atoms with Crippen molar-refractivity contribution in [3.05, 3.63) is 88.4 Å². The summed E-state index contributed by atoms with van der Waals surface area (Å²) in [5, 5.41) is 6.30. The molecule has 0 unspecified atom stereocenters. The van der Waals surface area contributed by atoms with E-state index in [1.54, 1.807) is 35.9 Å². The molecule has 0 radical (unpaired) electrons. The Bertz CT molecular complexity index is 768. The minimum Gasteiger partial charge on any atom is -0.267 e. The molecule has 1 N–H and O–H groups in total. The van der Waals surface area contributed by atoms with E-state index in [0.29, 0.717) is 5.56 Å². The number of thiophene rings is 1. The second-order valence-electron chi connectivity index (χ2n) is 4.48. The van der Waals surface area contributed by atoms with Crippen molar-refractivity contribution in [2.24, 2.45) is 5.10 Å². The van der Waals surface area contributed by atoms with Gasteiger partial charge in [0, 0.05) is 23.5 Å². The predicted molar refractivity (Wildman–Crippen MR) is 88.1 cm³/mol. The lowest BCUT2D eigenvalue weighted by Gasteiger charge is -2.05. The largest absolute Gasteiger partial charge is 0.271 e. The van der Waals surface area contributed by atoms with Crippen LogP contribution in [0.15, 0.2) is 77.5 Å². The maximum absolute atomic E-state index is 12.1. The van der Waals surface area contributed by atoms with Crippen LogP contribution in [0.1, 0.15) is 20.8 Å². The number of pyridine rings is 1. The molecule has 0 aliphatic rings. The fourth-order valence-electron chi connectivity index (χ4n) is 1.95. The van der Waals surface area contributed by atoms with Gasteiger partial charge in [-0.15, -0.1) is 11.3 Å². The van der Waals surface area contributed by atoms with Crippen molar-refractivity contribution in [3.63, 3.8) is 0 Å². The minimum absolute atomic E-state index is 0.257. The lowest BCUT2D eigenvalue weighted by atomic mass is 10.1. The lowest BCUT2D eigenvalue weighted by molar-refractivity contribution is 0.0955. The van der Waals surface area contributed by atoms with Gasteiger partial charge in [0.15, 0.2) is 0 Å². The zero-order chi connectivity index (χ0) is 15.2. The molecule has 0 aliphatic heterocycles. The molecular formula is C17H13N3OS. The van der Waals surface area contributed by atoms with Crippen molar-refractivity contribution >= 4 is 23.0 Å². The number of benzene rings is 1. The van der Waals surface area contributed by atoms with Crippen molar-refractivity contribution in [2.45, 2.75) is 0 Å². The first kappa shape index (κ1) is 14.2. The quantitative estimate of drug-likeness (QED) is 0.594. The number of nitrogens with zero attached hydrogens (tertiary/aromatic N) is 2. The molecule has 0 fully saturated rings. The van der Waals surface area contributed by atoms with Crippen LogP contribution in [-0.2, 0) is 0 Å². The van der Waals surface area contributed by atoms with Gasteiger partial charge < -0.3 is 0 Å². The number of nitrogens with one attached hydrogen (secondary N) is 1. The number of rotatable bonds is 4. The van der Waals surface area contributed by atoms with Gasteiger partial charge in [0.1, 0.15) is 5.71 Å². The average Bonchev–Trinajstić information content (AvgIpc) is 3.11. The van der Waals surface area contributed by atoms with Gasteiger partial charge >= 0.3 is 0 Å². The minimum atomic E-state index is -0.257. The molecule has 0 atom stereocenters.